The van der Waals surface area contributed by atoms with Gasteiger partial charge < -0.3 is 5.11 Å². The number of aliphatic hydroxyl groups excluding tert-OH is 1. The highest BCUT2D eigenvalue weighted by Crippen LogP contribution is 2.34. The normalized spacial score (nSPS) is 32.7. The van der Waals surface area contributed by atoms with Gasteiger partial charge in [0.15, 0.2) is 0 Å². The van der Waals surface area contributed by atoms with Gasteiger partial charge in [0.25, 0.3) is 0 Å². The standard InChI is InChI=1S/C10H20O/c1-8(2)10-6-4-3-5-9(10)7-11/h8-11H,3-7H2,1-2H3/t9-,10-/m1/s1. The minimum Gasteiger partial charge on any atom is -0.396 e. The van der Waals surface area contributed by atoms with Crippen LogP contribution in [0.15, 0.2) is 0 Å². The zero-order valence-corrected chi connectivity index (χ0v) is 7.71. The molecule has 2 atom stereocenters. The molecule has 0 aromatic rings. The summed E-state index contributed by atoms with van der Waals surface area (Å²) in [6.45, 7) is 4.96. The van der Waals surface area contributed by atoms with Crippen molar-refractivity contribution in [1.82, 2.24) is 0 Å². The molecule has 0 radical (unpaired) electrons. The third-order valence-corrected chi connectivity index (χ3v) is 3.06. The highest BCUT2D eigenvalue weighted by Gasteiger charge is 2.26. The van der Waals surface area contributed by atoms with E-state index in [4.69, 9.17) is 5.11 Å². The molecule has 1 N–H and O–H groups in total. The van der Waals surface area contributed by atoms with Crippen molar-refractivity contribution in [2.45, 2.75) is 39.5 Å². The zero-order chi connectivity index (χ0) is 8.27. The van der Waals surface area contributed by atoms with Crippen molar-refractivity contribution in [3.63, 3.8) is 0 Å². The first kappa shape index (κ1) is 9.05. The van der Waals surface area contributed by atoms with E-state index in [9.17, 15) is 0 Å². The molecule has 66 valence electrons. The van der Waals surface area contributed by atoms with Crippen LogP contribution in [0, 0.1) is 17.8 Å². The van der Waals surface area contributed by atoms with E-state index in [-0.39, 0.29) is 0 Å². The molecule has 1 heteroatoms. The predicted octanol–water partition coefficient (Wildman–Crippen LogP) is 2.44. The van der Waals surface area contributed by atoms with E-state index in [0.717, 1.165) is 11.8 Å². The number of rotatable bonds is 2. The molecule has 0 aromatic carbocycles. The molecule has 0 aromatic heterocycles. The monoisotopic (exact) mass is 156 g/mol. The molecule has 1 saturated carbocycles. The number of hydrogen-bond acceptors (Lipinski definition) is 1. The highest BCUT2D eigenvalue weighted by atomic mass is 16.3. The minimum absolute atomic E-state index is 0.406. The zero-order valence-electron chi connectivity index (χ0n) is 7.71. The molecule has 1 rings (SSSR count). The number of hydrogen-bond donors (Lipinski definition) is 1. The van der Waals surface area contributed by atoms with Crippen LogP contribution >= 0.6 is 0 Å². The van der Waals surface area contributed by atoms with Gasteiger partial charge in [-0.15, -0.1) is 0 Å². The maximum Gasteiger partial charge on any atom is 0.0462 e. The summed E-state index contributed by atoms with van der Waals surface area (Å²) in [6, 6.07) is 0. The number of aliphatic hydroxyl groups is 1. The maximum absolute atomic E-state index is 9.11. The molecule has 0 saturated heterocycles. The first-order valence-electron chi connectivity index (χ1n) is 4.86. The second-order valence-electron chi connectivity index (χ2n) is 4.13. The Morgan fingerprint density at radius 3 is 2.36 bits per heavy atom. The lowest BCUT2D eigenvalue weighted by molar-refractivity contribution is 0.106. The first-order chi connectivity index (χ1) is 5.25. The van der Waals surface area contributed by atoms with Gasteiger partial charge in [0.05, 0.1) is 0 Å². The largest absolute Gasteiger partial charge is 0.396 e. The average molecular weight is 156 g/mol. The molecule has 1 fully saturated rings. The summed E-state index contributed by atoms with van der Waals surface area (Å²) in [5.41, 5.74) is 0. The van der Waals surface area contributed by atoms with Crippen molar-refractivity contribution in [2.24, 2.45) is 17.8 Å². The van der Waals surface area contributed by atoms with Crippen LogP contribution in [0.1, 0.15) is 39.5 Å². The van der Waals surface area contributed by atoms with Gasteiger partial charge in [-0.25, -0.2) is 0 Å². The van der Waals surface area contributed by atoms with Crippen LogP contribution in [0.2, 0.25) is 0 Å². The van der Waals surface area contributed by atoms with Crippen LogP contribution in [0.25, 0.3) is 0 Å². The predicted molar refractivity (Wildman–Crippen MR) is 47.4 cm³/mol. The molecule has 1 nitrogen and oxygen atoms in total. The lowest BCUT2D eigenvalue weighted by Crippen LogP contribution is -2.26. The Kier molecular flexibility index (Phi) is 3.38. The lowest BCUT2D eigenvalue weighted by Gasteiger charge is -2.32. The molecule has 11 heavy (non-hydrogen) atoms. The van der Waals surface area contributed by atoms with Gasteiger partial charge in [0, 0.05) is 6.61 Å². The summed E-state index contributed by atoms with van der Waals surface area (Å²) in [5, 5.41) is 9.11. The van der Waals surface area contributed by atoms with Crippen LogP contribution in [0.5, 0.6) is 0 Å². The molecule has 0 aliphatic heterocycles. The van der Waals surface area contributed by atoms with E-state index in [2.05, 4.69) is 13.8 Å². The van der Waals surface area contributed by atoms with E-state index in [1.54, 1.807) is 0 Å². The molecule has 1 aliphatic carbocycles. The van der Waals surface area contributed by atoms with Gasteiger partial charge in [-0.3, -0.25) is 0 Å². The second kappa shape index (κ2) is 4.10. The quantitative estimate of drug-likeness (QED) is 0.651. The average Bonchev–Trinajstić information content (AvgIpc) is 2.04. The summed E-state index contributed by atoms with van der Waals surface area (Å²) in [7, 11) is 0. The molecular formula is C10H20O. The third kappa shape index (κ3) is 2.19. The fraction of sp³-hybridized carbons (Fsp3) is 1.00. The summed E-state index contributed by atoms with van der Waals surface area (Å²) in [5.74, 6) is 2.14. The molecule has 0 heterocycles. The third-order valence-electron chi connectivity index (χ3n) is 3.06. The topological polar surface area (TPSA) is 20.2 Å². The molecule has 0 unspecified atom stereocenters. The Hall–Kier alpha value is -0.0400. The van der Waals surface area contributed by atoms with Gasteiger partial charge in [-0.2, -0.15) is 0 Å². The Labute approximate surface area is 69.8 Å². The summed E-state index contributed by atoms with van der Waals surface area (Å²) in [6.07, 6.45) is 5.29. The van der Waals surface area contributed by atoms with Crippen LogP contribution in [0.4, 0.5) is 0 Å². The van der Waals surface area contributed by atoms with Crippen molar-refractivity contribution >= 4 is 0 Å². The molecule has 0 amide bonds. The fourth-order valence-corrected chi connectivity index (χ4v) is 2.34. The van der Waals surface area contributed by atoms with Gasteiger partial charge in [-0.1, -0.05) is 26.7 Å². The first-order valence-corrected chi connectivity index (χ1v) is 4.86. The van der Waals surface area contributed by atoms with Crippen LogP contribution in [-0.4, -0.2) is 11.7 Å². The molecule has 0 spiro atoms. The summed E-state index contributed by atoms with van der Waals surface area (Å²) in [4.78, 5) is 0. The lowest BCUT2D eigenvalue weighted by atomic mass is 9.74. The van der Waals surface area contributed by atoms with Crippen LogP contribution < -0.4 is 0 Å². The second-order valence-corrected chi connectivity index (χ2v) is 4.13. The highest BCUT2D eigenvalue weighted by molar-refractivity contribution is 4.76. The van der Waals surface area contributed by atoms with E-state index in [1.807, 2.05) is 0 Å². The Morgan fingerprint density at radius 2 is 1.91 bits per heavy atom. The Balaban J connectivity index is 2.44. The minimum atomic E-state index is 0.406. The van der Waals surface area contributed by atoms with E-state index >= 15 is 0 Å². The smallest absolute Gasteiger partial charge is 0.0462 e. The van der Waals surface area contributed by atoms with E-state index < -0.39 is 0 Å². The summed E-state index contributed by atoms with van der Waals surface area (Å²) < 4.78 is 0. The Morgan fingerprint density at radius 1 is 1.27 bits per heavy atom. The SMILES string of the molecule is CC(C)[C@H]1CCCC[C@@H]1CO. The maximum atomic E-state index is 9.11. The Bertz CT molecular complexity index is 109. The van der Waals surface area contributed by atoms with Gasteiger partial charge in [-0.05, 0) is 30.6 Å². The van der Waals surface area contributed by atoms with Crippen molar-refractivity contribution in [3.8, 4) is 0 Å². The molecule has 0 bridgehead atoms. The van der Waals surface area contributed by atoms with Crippen molar-refractivity contribution in [1.29, 1.82) is 0 Å². The van der Waals surface area contributed by atoms with Crippen LogP contribution in [-0.2, 0) is 0 Å². The molecular weight excluding hydrogens is 136 g/mol. The summed E-state index contributed by atoms with van der Waals surface area (Å²) >= 11 is 0. The van der Waals surface area contributed by atoms with E-state index in [0.29, 0.717) is 12.5 Å². The fourth-order valence-electron chi connectivity index (χ4n) is 2.34. The van der Waals surface area contributed by atoms with Crippen LogP contribution in [0.3, 0.4) is 0 Å². The molecule has 1 aliphatic rings. The van der Waals surface area contributed by atoms with Gasteiger partial charge in [0.2, 0.25) is 0 Å². The van der Waals surface area contributed by atoms with E-state index in [1.165, 1.54) is 25.7 Å². The van der Waals surface area contributed by atoms with Crippen molar-refractivity contribution in [3.05, 3.63) is 0 Å². The van der Waals surface area contributed by atoms with Crippen molar-refractivity contribution in [2.75, 3.05) is 6.61 Å². The van der Waals surface area contributed by atoms with Gasteiger partial charge >= 0.3 is 0 Å². The van der Waals surface area contributed by atoms with Crippen molar-refractivity contribution < 1.29 is 5.11 Å². The van der Waals surface area contributed by atoms with Gasteiger partial charge in [0.1, 0.15) is 0 Å².